The molecule has 2 N–H and O–H groups in total. The van der Waals surface area contributed by atoms with Gasteiger partial charge in [-0.25, -0.2) is 0 Å². The van der Waals surface area contributed by atoms with Gasteiger partial charge in [-0.2, -0.15) is 0 Å². The van der Waals surface area contributed by atoms with Crippen LogP contribution in [0.4, 0.5) is 0 Å². The van der Waals surface area contributed by atoms with Gasteiger partial charge in [-0.15, -0.1) is 6.58 Å². The van der Waals surface area contributed by atoms with Gasteiger partial charge in [0.1, 0.15) is 0 Å². The van der Waals surface area contributed by atoms with Gasteiger partial charge in [0.05, 0.1) is 0 Å². The lowest BCUT2D eigenvalue weighted by molar-refractivity contribution is 0.408. The number of hydrogen-bond donors (Lipinski definition) is 2. The second-order valence-electron chi connectivity index (χ2n) is 3.01. The van der Waals surface area contributed by atoms with Gasteiger partial charge in [0.15, 0.2) is 0 Å². The molecule has 2 nitrogen and oxygen atoms in total. The van der Waals surface area contributed by atoms with Crippen LogP contribution >= 0.6 is 0 Å². The van der Waals surface area contributed by atoms with Gasteiger partial charge in [0, 0.05) is 18.5 Å². The monoisotopic (exact) mass is 152 g/mol. The van der Waals surface area contributed by atoms with Crippen molar-refractivity contribution in [1.29, 1.82) is 0 Å². The maximum Gasteiger partial charge on any atom is 0.0217 e. The molecular weight excluding hydrogens is 136 g/mol. The van der Waals surface area contributed by atoms with E-state index in [9.17, 15) is 0 Å². The Morgan fingerprint density at radius 3 is 3.09 bits per heavy atom. The molecule has 0 fully saturated rings. The molecule has 1 atom stereocenters. The zero-order valence-corrected chi connectivity index (χ0v) is 7.06. The standard InChI is InChI=1S/C9H16N2/c1-3-9(8-10-2)4-6-11-7-5-9/h3-4,6,10-11H,1,5,7-8H2,2H3. The molecule has 0 aliphatic carbocycles. The lowest BCUT2D eigenvalue weighted by Gasteiger charge is -2.29. The molecule has 0 radical (unpaired) electrons. The van der Waals surface area contributed by atoms with Crippen LogP contribution in [0.15, 0.2) is 24.9 Å². The molecule has 0 saturated carbocycles. The highest BCUT2D eigenvalue weighted by Gasteiger charge is 2.23. The molecule has 0 spiro atoms. The van der Waals surface area contributed by atoms with Crippen molar-refractivity contribution in [2.75, 3.05) is 20.1 Å². The van der Waals surface area contributed by atoms with Crippen LogP contribution in [0.1, 0.15) is 6.42 Å². The van der Waals surface area contributed by atoms with Crippen molar-refractivity contribution < 1.29 is 0 Å². The number of hydrogen-bond acceptors (Lipinski definition) is 2. The predicted molar refractivity (Wildman–Crippen MR) is 48.3 cm³/mol. The smallest absolute Gasteiger partial charge is 0.0217 e. The molecule has 0 bridgehead atoms. The van der Waals surface area contributed by atoms with E-state index in [0.717, 1.165) is 19.5 Å². The largest absolute Gasteiger partial charge is 0.391 e. The summed E-state index contributed by atoms with van der Waals surface area (Å²) in [4.78, 5) is 0. The quantitative estimate of drug-likeness (QED) is 0.587. The fourth-order valence-electron chi connectivity index (χ4n) is 1.42. The lowest BCUT2D eigenvalue weighted by atomic mass is 9.83. The average molecular weight is 152 g/mol. The van der Waals surface area contributed by atoms with Crippen LogP contribution in [-0.2, 0) is 0 Å². The van der Waals surface area contributed by atoms with E-state index in [1.807, 2.05) is 19.3 Å². The van der Waals surface area contributed by atoms with Crippen LogP contribution in [0.2, 0.25) is 0 Å². The Kier molecular flexibility index (Phi) is 2.71. The summed E-state index contributed by atoms with van der Waals surface area (Å²) in [6.07, 6.45) is 7.36. The summed E-state index contributed by atoms with van der Waals surface area (Å²) in [6.45, 7) is 5.88. The van der Waals surface area contributed by atoms with Crippen molar-refractivity contribution in [1.82, 2.24) is 10.6 Å². The zero-order chi connectivity index (χ0) is 8.16. The zero-order valence-electron chi connectivity index (χ0n) is 7.06. The maximum atomic E-state index is 3.86. The summed E-state index contributed by atoms with van der Waals surface area (Å²) < 4.78 is 0. The first-order valence-corrected chi connectivity index (χ1v) is 4.02. The fraction of sp³-hybridized carbons (Fsp3) is 0.556. The minimum Gasteiger partial charge on any atom is -0.391 e. The van der Waals surface area contributed by atoms with Crippen LogP contribution < -0.4 is 10.6 Å². The molecule has 1 aliphatic rings. The molecule has 11 heavy (non-hydrogen) atoms. The van der Waals surface area contributed by atoms with Crippen molar-refractivity contribution in [2.24, 2.45) is 5.41 Å². The van der Waals surface area contributed by atoms with Crippen LogP contribution in [-0.4, -0.2) is 20.1 Å². The summed E-state index contributed by atoms with van der Waals surface area (Å²) in [7, 11) is 1.97. The highest BCUT2D eigenvalue weighted by atomic mass is 14.9. The van der Waals surface area contributed by atoms with Gasteiger partial charge < -0.3 is 10.6 Å². The Hall–Kier alpha value is -0.760. The van der Waals surface area contributed by atoms with E-state index in [0.29, 0.717) is 0 Å². The van der Waals surface area contributed by atoms with E-state index >= 15 is 0 Å². The van der Waals surface area contributed by atoms with Crippen LogP contribution in [0, 0.1) is 5.41 Å². The SMILES string of the molecule is C=CC1(CNC)C=CNCC1. The van der Waals surface area contributed by atoms with E-state index in [1.165, 1.54) is 0 Å². The van der Waals surface area contributed by atoms with Gasteiger partial charge in [-0.05, 0) is 19.7 Å². The second kappa shape index (κ2) is 3.58. The summed E-state index contributed by atoms with van der Waals surface area (Å²) in [5, 5.41) is 6.35. The third-order valence-electron chi connectivity index (χ3n) is 2.18. The second-order valence-corrected chi connectivity index (χ2v) is 3.01. The first kappa shape index (κ1) is 8.34. The maximum absolute atomic E-state index is 3.86. The van der Waals surface area contributed by atoms with Crippen LogP contribution in [0.5, 0.6) is 0 Å². The van der Waals surface area contributed by atoms with Crippen LogP contribution in [0.3, 0.4) is 0 Å². The molecule has 0 aromatic heterocycles. The summed E-state index contributed by atoms with van der Waals surface area (Å²) in [5.74, 6) is 0. The minimum atomic E-state index is 0.181. The van der Waals surface area contributed by atoms with E-state index in [2.05, 4.69) is 23.3 Å². The molecule has 2 heteroatoms. The van der Waals surface area contributed by atoms with Gasteiger partial charge in [-0.3, -0.25) is 0 Å². The van der Waals surface area contributed by atoms with Crippen molar-refractivity contribution in [3.05, 3.63) is 24.9 Å². The number of rotatable bonds is 3. The Balaban J connectivity index is 2.64. The predicted octanol–water partition coefficient (Wildman–Crippen LogP) is 0.885. The van der Waals surface area contributed by atoms with E-state index in [1.54, 1.807) is 0 Å². The molecule has 0 aromatic carbocycles. The Bertz CT molecular complexity index is 163. The minimum absolute atomic E-state index is 0.181. The molecule has 1 rings (SSSR count). The van der Waals surface area contributed by atoms with Gasteiger partial charge in [0.2, 0.25) is 0 Å². The van der Waals surface area contributed by atoms with Gasteiger partial charge in [-0.1, -0.05) is 12.2 Å². The molecule has 1 aliphatic heterocycles. The molecule has 0 saturated heterocycles. The molecular formula is C9H16N2. The summed E-state index contributed by atoms with van der Waals surface area (Å²) in [6, 6.07) is 0. The summed E-state index contributed by atoms with van der Waals surface area (Å²) in [5.41, 5.74) is 0.181. The Morgan fingerprint density at radius 1 is 1.82 bits per heavy atom. The average Bonchev–Trinajstić information content (AvgIpc) is 2.07. The van der Waals surface area contributed by atoms with E-state index in [4.69, 9.17) is 0 Å². The molecule has 1 unspecified atom stereocenters. The Labute approximate surface area is 68.4 Å². The first-order chi connectivity index (χ1) is 5.33. The Morgan fingerprint density at radius 2 is 2.64 bits per heavy atom. The molecule has 0 amide bonds. The first-order valence-electron chi connectivity index (χ1n) is 4.02. The summed E-state index contributed by atoms with van der Waals surface area (Å²) >= 11 is 0. The van der Waals surface area contributed by atoms with Crippen molar-refractivity contribution in [2.45, 2.75) is 6.42 Å². The highest BCUT2D eigenvalue weighted by Crippen LogP contribution is 2.25. The fourth-order valence-corrected chi connectivity index (χ4v) is 1.42. The van der Waals surface area contributed by atoms with Crippen LogP contribution in [0.25, 0.3) is 0 Å². The van der Waals surface area contributed by atoms with Gasteiger partial charge in [0.25, 0.3) is 0 Å². The topological polar surface area (TPSA) is 24.1 Å². The van der Waals surface area contributed by atoms with Crippen molar-refractivity contribution in [3.63, 3.8) is 0 Å². The lowest BCUT2D eigenvalue weighted by Crippen LogP contribution is -2.34. The molecule has 1 heterocycles. The van der Waals surface area contributed by atoms with E-state index in [-0.39, 0.29) is 5.41 Å². The number of nitrogens with one attached hydrogen (secondary N) is 2. The van der Waals surface area contributed by atoms with Gasteiger partial charge >= 0.3 is 0 Å². The van der Waals surface area contributed by atoms with E-state index < -0.39 is 0 Å². The highest BCUT2D eigenvalue weighted by molar-refractivity contribution is 5.12. The van der Waals surface area contributed by atoms with Crippen molar-refractivity contribution >= 4 is 0 Å². The third-order valence-corrected chi connectivity index (χ3v) is 2.18. The van der Waals surface area contributed by atoms with Crippen molar-refractivity contribution in [3.8, 4) is 0 Å². The normalized spacial score (nSPS) is 29.5. The molecule has 0 aromatic rings. The molecule has 62 valence electrons. The third kappa shape index (κ3) is 1.84.